The van der Waals surface area contributed by atoms with E-state index < -0.39 is 16.1 Å². The number of urea groups is 1. The second-order valence-corrected chi connectivity index (χ2v) is 11.5. The predicted molar refractivity (Wildman–Crippen MR) is 141 cm³/mol. The van der Waals surface area contributed by atoms with E-state index in [9.17, 15) is 18.3 Å². The summed E-state index contributed by atoms with van der Waals surface area (Å²) in [5.41, 5.74) is 5.11. The Bertz CT molecular complexity index is 1390. The highest BCUT2D eigenvalue weighted by Crippen LogP contribution is 2.30. The van der Waals surface area contributed by atoms with Crippen molar-refractivity contribution in [1.29, 1.82) is 0 Å². The highest BCUT2D eigenvalue weighted by molar-refractivity contribution is 7.89. The molecule has 10 heteroatoms. The Hall–Kier alpha value is -3.47. The minimum atomic E-state index is -3.75. The summed E-state index contributed by atoms with van der Waals surface area (Å²) in [4.78, 5) is 18.2. The number of hydrogen-bond donors (Lipinski definition) is 3. The average molecular weight is 522 g/mol. The lowest BCUT2D eigenvalue weighted by Gasteiger charge is -2.35. The number of benzene rings is 2. The summed E-state index contributed by atoms with van der Waals surface area (Å²) in [6, 6.07) is 16.3. The molecule has 2 aromatic carbocycles. The van der Waals surface area contributed by atoms with Crippen LogP contribution in [0.15, 0.2) is 65.7 Å². The van der Waals surface area contributed by atoms with Gasteiger partial charge < -0.3 is 20.6 Å². The van der Waals surface area contributed by atoms with Gasteiger partial charge in [-0.2, -0.15) is 4.31 Å². The van der Waals surface area contributed by atoms with Gasteiger partial charge in [0.1, 0.15) is 5.82 Å². The van der Waals surface area contributed by atoms with Crippen molar-refractivity contribution in [3.8, 4) is 11.1 Å². The summed E-state index contributed by atoms with van der Waals surface area (Å²) in [5.74, 6) is 0.662. The van der Waals surface area contributed by atoms with Gasteiger partial charge in [-0.1, -0.05) is 30.3 Å². The Balaban J connectivity index is 1.25. The van der Waals surface area contributed by atoms with Gasteiger partial charge in [-0.3, -0.25) is 0 Å². The maximum Gasteiger partial charge on any atom is 0.317 e. The molecule has 1 fully saturated rings. The van der Waals surface area contributed by atoms with E-state index in [0.717, 1.165) is 27.8 Å². The summed E-state index contributed by atoms with van der Waals surface area (Å²) >= 11 is 0. The van der Waals surface area contributed by atoms with Gasteiger partial charge in [0.15, 0.2) is 0 Å². The number of nitrogens with one attached hydrogen (secondary N) is 2. The Morgan fingerprint density at radius 1 is 1.03 bits per heavy atom. The molecule has 0 spiro atoms. The molecule has 0 unspecified atom stereocenters. The molecule has 0 saturated carbocycles. The number of amides is 2. The number of hydrogen-bond acceptors (Lipinski definition) is 6. The van der Waals surface area contributed by atoms with Crippen molar-refractivity contribution in [1.82, 2.24) is 19.5 Å². The van der Waals surface area contributed by atoms with Crippen molar-refractivity contribution in [3.05, 3.63) is 77.5 Å². The lowest BCUT2D eigenvalue weighted by atomic mass is 10.0. The first-order valence-corrected chi connectivity index (χ1v) is 13.7. The molecule has 0 bridgehead atoms. The quantitative estimate of drug-likeness (QED) is 0.476. The maximum atomic E-state index is 13.3. The predicted octanol–water partition coefficient (Wildman–Crippen LogP) is 2.95. The summed E-state index contributed by atoms with van der Waals surface area (Å²) in [6.07, 6.45) is 1.36. The first-order chi connectivity index (χ1) is 17.7. The number of sulfonamides is 1. The molecule has 0 radical (unpaired) electrons. The maximum absolute atomic E-state index is 13.3. The molecule has 37 heavy (non-hydrogen) atoms. The number of fused-ring (bicyclic) bond motifs is 1. The lowest BCUT2D eigenvalue weighted by molar-refractivity contribution is 0.0949. The minimum absolute atomic E-state index is 0.0142. The smallest absolute Gasteiger partial charge is 0.317 e. The van der Waals surface area contributed by atoms with Gasteiger partial charge in [0.05, 0.1) is 17.0 Å². The molecule has 2 amide bonds. The number of pyridine rings is 1. The van der Waals surface area contributed by atoms with E-state index in [1.807, 2.05) is 31.2 Å². The fourth-order valence-electron chi connectivity index (χ4n) is 4.88. The van der Waals surface area contributed by atoms with Crippen molar-refractivity contribution in [2.45, 2.75) is 43.5 Å². The third-order valence-electron chi connectivity index (χ3n) is 7.04. The highest BCUT2D eigenvalue weighted by atomic mass is 32.2. The first-order valence-electron chi connectivity index (χ1n) is 12.3. The Morgan fingerprint density at radius 2 is 1.76 bits per heavy atom. The van der Waals surface area contributed by atoms with Crippen LogP contribution in [0.1, 0.15) is 23.1 Å². The van der Waals surface area contributed by atoms with Crippen LogP contribution in [0, 0.1) is 6.92 Å². The molecule has 2 atom stereocenters. The first kappa shape index (κ1) is 25.2. The number of carbonyl (C=O) groups excluding carboxylic acids is 1. The molecule has 194 valence electrons. The summed E-state index contributed by atoms with van der Waals surface area (Å²) in [6.45, 7) is 3.39. The van der Waals surface area contributed by atoms with Crippen LogP contribution in [0.25, 0.3) is 11.1 Å². The van der Waals surface area contributed by atoms with E-state index in [1.165, 1.54) is 4.31 Å². The van der Waals surface area contributed by atoms with E-state index >= 15 is 0 Å². The van der Waals surface area contributed by atoms with Crippen LogP contribution in [-0.2, 0) is 23.1 Å². The molecular weight excluding hydrogens is 490 g/mol. The second kappa shape index (κ2) is 10.1. The number of aliphatic hydroxyl groups is 1. The van der Waals surface area contributed by atoms with Crippen LogP contribution in [0.3, 0.4) is 0 Å². The number of aromatic nitrogens is 1. The van der Waals surface area contributed by atoms with Gasteiger partial charge in [-0.25, -0.2) is 18.2 Å². The number of β-amino-alcohol motifs (C(OH)–C–C–N with tert-alkyl or cyclic N) is 1. The molecule has 5 rings (SSSR count). The van der Waals surface area contributed by atoms with Gasteiger partial charge in [0.2, 0.25) is 10.0 Å². The normalized spacial score (nSPS) is 19.9. The summed E-state index contributed by atoms with van der Waals surface area (Å²) in [7, 11) is -2.13. The molecule has 2 aliphatic rings. The van der Waals surface area contributed by atoms with Crippen LogP contribution in [-0.4, -0.2) is 66.0 Å². The van der Waals surface area contributed by atoms with Crippen LogP contribution in [0.4, 0.5) is 10.6 Å². The third-order valence-corrected chi connectivity index (χ3v) is 8.92. The van der Waals surface area contributed by atoms with E-state index in [4.69, 9.17) is 0 Å². The van der Waals surface area contributed by atoms with E-state index in [1.54, 1.807) is 42.4 Å². The fraction of sp³-hybridized carbons (Fsp3) is 0.333. The van der Waals surface area contributed by atoms with Crippen LogP contribution in [0.5, 0.6) is 0 Å². The molecule has 3 N–H and O–H groups in total. The molecule has 1 saturated heterocycles. The van der Waals surface area contributed by atoms with Crippen molar-refractivity contribution in [2.24, 2.45) is 0 Å². The molecule has 0 aliphatic carbocycles. The third kappa shape index (κ3) is 5.18. The monoisotopic (exact) mass is 521 g/mol. The van der Waals surface area contributed by atoms with Crippen LogP contribution in [0.2, 0.25) is 0 Å². The van der Waals surface area contributed by atoms with Gasteiger partial charge >= 0.3 is 6.03 Å². The zero-order valence-corrected chi connectivity index (χ0v) is 21.7. The number of nitrogens with zero attached hydrogens (tertiary/aromatic N) is 3. The molecule has 3 heterocycles. The topological polar surface area (TPSA) is 115 Å². The number of carbonyl (C=O) groups is 1. The van der Waals surface area contributed by atoms with E-state index in [0.29, 0.717) is 31.9 Å². The van der Waals surface area contributed by atoms with Crippen molar-refractivity contribution in [2.75, 3.05) is 25.5 Å². The zero-order chi connectivity index (χ0) is 26.2. The summed E-state index contributed by atoms with van der Waals surface area (Å²) in [5, 5.41) is 16.6. The number of aryl methyl sites for hydroxylation is 1. The second-order valence-electron chi connectivity index (χ2n) is 9.61. The van der Waals surface area contributed by atoms with E-state index in [2.05, 4.69) is 21.7 Å². The molecule has 1 aromatic heterocycles. The van der Waals surface area contributed by atoms with Gasteiger partial charge in [0.25, 0.3) is 0 Å². The summed E-state index contributed by atoms with van der Waals surface area (Å²) < 4.78 is 28.0. The Labute approximate surface area is 217 Å². The lowest BCUT2D eigenvalue weighted by Crippen LogP contribution is -2.51. The van der Waals surface area contributed by atoms with Crippen LogP contribution < -0.4 is 10.6 Å². The molecular formula is C27H31N5O4S. The van der Waals surface area contributed by atoms with Gasteiger partial charge in [-0.05, 0) is 65.4 Å². The standard InChI is InChI=1S/C27H31N5O4S/c1-18-3-10-26(29-14-18)30-24-11-12-32(17-25(24)33)37(35,36)23-8-6-19(7-9-23)20-4-5-21-15-31(27(34)28-2)16-22(21)13-20/h3-10,13-14,24-25,33H,11-12,15-17H2,1-2H3,(H,28,34)(H,29,30)/t24-,25+/m1/s1. The number of anilines is 1. The average Bonchev–Trinajstić information content (AvgIpc) is 3.34. The minimum Gasteiger partial charge on any atom is -0.390 e. The Morgan fingerprint density at radius 3 is 2.43 bits per heavy atom. The number of aliphatic hydroxyl groups excluding tert-OH is 1. The SMILES string of the molecule is CNC(=O)N1Cc2ccc(-c3ccc(S(=O)(=O)N4CC[C@@H](Nc5ccc(C)cn5)[C@@H](O)C4)cc3)cc2C1. The van der Waals surface area contributed by atoms with Gasteiger partial charge in [-0.15, -0.1) is 0 Å². The van der Waals surface area contributed by atoms with Crippen LogP contribution >= 0.6 is 0 Å². The fourth-order valence-corrected chi connectivity index (χ4v) is 6.35. The van der Waals surface area contributed by atoms with Crippen molar-refractivity contribution < 1.29 is 18.3 Å². The molecule has 3 aromatic rings. The highest BCUT2D eigenvalue weighted by Gasteiger charge is 2.35. The number of rotatable bonds is 5. The molecule has 9 nitrogen and oxygen atoms in total. The van der Waals surface area contributed by atoms with Crippen molar-refractivity contribution in [3.63, 3.8) is 0 Å². The number of piperidine rings is 1. The largest absolute Gasteiger partial charge is 0.390 e. The zero-order valence-electron chi connectivity index (χ0n) is 20.9. The van der Waals surface area contributed by atoms with Gasteiger partial charge in [0, 0.05) is 39.4 Å². The van der Waals surface area contributed by atoms with Crippen molar-refractivity contribution >= 4 is 21.9 Å². The van der Waals surface area contributed by atoms with E-state index in [-0.39, 0.29) is 23.5 Å². The Kier molecular flexibility index (Phi) is 6.89. The molecule has 2 aliphatic heterocycles.